The van der Waals surface area contributed by atoms with E-state index in [2.05, 4.69) is 22.4 Å². The predicted molar refractivity (Wildman–Crippen MR) is 127 cm³/mol. The monoisotopic (exact) mass is 423 g/mol. The Hall–Kier alpha value is -3.99. The van der Waals surface area contributed by atoms with Crippen LogP contribution in [0.15, 0.2) is 91.1 Å². The molecular weight excluding hydrogens is 398 g/mol. The van der Waals surface area contributed by atoms with E-state index in [0.717, 1.165) is 35.4 Å². The van der Waals surface area contributed by atoms with Crippen LogP contribution in [0.4, 0.5) is 5.82 Å². The summed E-state index contributed by atoms with van der Waals surface area (Å²) in [6.07, 6.45) is 3.74. The molecule has 5 nitrogen and oxygen atoms in total. The number of anilines is 1. The first-order valence-electron chi connectivity index (χ1n) is 10.6. The van der Waals surface area contributed by atoms with Gasteiger partial charge in [-0.2, -0.15) is 0 Å². The van der Waals surface area contributed by atoms with Gasteiger partial charge in [-0.25, -0.2) is 9.97 Å². The van der Waals surface area contributed by atoms with E-state index in [1.807, 2.05) is 72.8 Å². The van der Waals surface area contributed by atoms with Crippen molar-refractivity contribution in [3.05, 3.63) is 96.7 Å². The van der Waals surface area contributed by atoms with Crippen molar-refractivity contribution in [2.75, 3.05) is 12.4 Å². The fourth-order valence-corrected chi connectivity index (χ4v) is 3.47. The van der Waals surface area contributed by atoms with Gasteiger partial charge in [-0.3, -0.25) is 4.79 Å². The van der Waals surface area contributed by atoms with Gasteiger partial charge in [0.1, 0.15) is 11.4 Å². The zero-order valence-electron chi connectivity index (χ0n) is 18.0. The number of carbonyl (C=O) groups excluding carboxylic acids is 1. The molecule has 32 heavy (non-hydrogen) atoms. The molecule has 0 aliphatic carbocycles. The van der Waals surface area contributed by atoms with Gasteiger partial charge in [-0.1, -0.05) is 60.7 Å². The molecule has 3 aromatic carbocycles. The van der Waals surface area contributed by atoms with E-state index < -0.39 is 0 Å². The van der Waals surface area contributed by atoms with Crippen molar-refractivity contribution in [1.82, 2.24) is 9.97 Å². The molecule has 0 saturated carbocycles. The van der Waals surface area contributed by atoms with Crippen LogP contribution in [0.25, 0.3) is 22.5 Å². The Balaban J connectivity index is 1.53. The van der Waals surface area contributed by atoms with Crippen LogP contribution in [-0.4, -0.2) is 23.0 Å². The quantitative estimate of drug-likeness (QED) is 0.390. The summed E-state index contributed by atoms with van der Waals surface area (Å²) in [6.45, 7) is 0. The molecule has 4 rings (SSSR count). The molecule has 0 atom stereocenters. The SMILES string of the molecule is COc1ccc(-c2cnc(NC(=O)CCCc3ccccc3)c(-c3ccccc3)n2)cc1. The first kappa shape index (κ1) is 21.2. The average molecular weight is 424 g/mol. The third kappa shape index (κ3) is 5.38. The molecule has 0 fully saturated rings. The molecular formula is C27H25N3O2. The lowest BCUT2D eigenvalue weighted by Gasteiger charge is -2.12. The van der Waals surface area contributed by atoms with Crippen molar-refractivity contribution in [2.45, 2.75) is 19.3 Å². The summed E-state index contributed by atoms with van der Waals surface area (Å²) < 4.78 is 5.24. The van der Waals surface area contributed by atoms with E-state index in [0.29, 0.717) is 17.9 Å². The number of carbonyl (C=O) groups is 1. The maximum absolute atomic E-state index is 12.6. The topological polar surface area (TPSA) is 64.1 Å². The van der Waals surface area contributed by atoms with Gasteiger partial charge in [0.05, 0.1) is 19.0 Å². The van der Waals surface area contributed by atoms with Crippen LogP contribution in [0.1, 0.15) is 18.4 Å². The summed E-state index contributed by atoms with van der Waals surface area (Å²) >= 11 is 0. The number of methoxy groups -OCH3 is 1. The van der Waals surface area contributed by atoms with Crippen LogP contribution < -0.4 is 10.1 Å². The van der Waals surface area contributed by atoms with E-state index in [9.17, 15) is 4.79 Å². The molecule has 160 valence electrons. The minimum Gasteiger partial charge on any atom is -0.497 e. The summed E-state index contributed by atoms with van der Waals surface area (Å²) in [5, 5.41) is 2.96. The molecule has 1 amide bonds. The summed E-state index contributed by atoms with van der Waals surface area (Å²) in [5.41, 5.74) is 4.43. The minimum absolute atomic E-state index is 0.0652. The largest absolute Gasteiger partial charge is 0.497 e. The zero-order chi connectivity index (χ0) is 22.2. The minimum atomic E-state index is -0.0652. The van der Waals surface area contributed by atoms with Crippen molar-refractivity contribution in [3.8, 4) is 28.3 Å². The van der Waals surface area contributed by atoms with Crippen molar-refractivity contribution in [2.24, 2.45) is 0 Å². The second-order valence-electron chi connectivity index (χ2n) is 7.43. The summed E-state index contributed by atoms with van der Waals surface area (Å²) in [5.74, 6) is 1.19. The zero-order valence-corrected chi connectivity index (χ0v) is 18.0. The van der Waals surface area contributed by atoms with Crippen LogP contribution in [0, 0.1) is 0 Å². The van der Waals surface area contributed by atoms with Crippen molar-refractivity contribution >= 4 is 11.7 Å². The number of ether oxygens (including phenoxy) is 1. The van der Waals surface area contributed by atoms with E-state index in [1.165, 1.54) is 5.56 Å². The lowest BCUT2D eigenvalue weighted by molar-refractivity contribution is -0.116. The third-order valence-electron chi connectivity index (χ3n) is 5.18. The normalized spacial score (nSPS) is 10.5. The number of benzene rings is 3. The van der Waals surface area contributed by atoms with Gasteiger partial charge in [0.25, 0.3) is 0 Å². The number of amides is 1. The summed E-state index contributed by atoms with van der Waals surface area (Å²) in [4.78, 5) is 22.0. The van der Waals surface area contributed by atoms with E-state index in [-0.39, 0.29) is 5.91 Å². The Kier molecular flexibility index (Phi) is 6.88. The maximum atomic E-state index is 12.6. The van der Waals surface area contributed by atoms with Crippen molar-refractivity contribution < 1.29 is 9.53 Å². The fraction of sp³-hybridized carbons (Fsp3) is 0.148. The van der Waals surface area contributed by atoms with Crippen LogP contribution in [0.2, 0.25) is 0 Å². The molecule has 0 bridgehead atoms. The van der Waals surface area contributed by atoms with Gasteiger partial charge < -0.3 is 10.1 Å². The molecule has 5 heteroatoms. The number of aryl methyl sites for hydroxylation is 1. The lowest BCUT2D eigenvalue weighted by Crippen LogP contribution is -2.14. The standard InChI is InChI=1S/C27H25N3O2/c1-32-23-17-15-21(16-18-23)24-19-28-27(26(29-24)22-12-6-3-7-13-22)30-25(31)14-8-11-20-9-4-2-5-10-20/h2-7,9-10,12-13,15-19H,8,11,14H2,1H3,(H,28,30,31). The van der Waals surface area contributed by atoms with Crippen LogP contribution in [0.5, 0.6) is 5.75 Å². The van der Waals surface area contributed by atoms with Gasteiger partial charge >= 0.3 is 0 Å². The first-order chi connectivity index (χ1) is 15.7. The van der Waals surface area contributed by atoms with E-state index in [4.69, 9.17) is 9.72 Å². The number of rotatable bonds is 8. The third-order valence-corrected chi connectivity index (χ3v) is 5.18. The highest BCUT2D eigenvalue weighted by Gasteiger charge is 2.14. The first-order valence-corrected chi connectivity index (χ1v) is 10.6. The summed E-state index contributed by atoms with van der Waals surface area (Å²) in [6, 6.07) is 27.6. The van der Waals surface area contributed by atoms with Gasteiger partial charge in [0.2, 0.25) is 5.91 Å². The van der Waals surface area contributed by atoms with Gasteiger partial charge in [-0.05, 0) is 42.7 Å². The Labute approximate surface area is 188 Å². The molecule has 1 heterocycles. The molecule has 0 aliphatic rings. The van der Waals surface area contributed by atoms with Gasteiger partial charge in [0.15, 0.2) is 5.82 Å². The van der Waals surface area contributed by atoms with Crippen molar-refractivity contribution in [3.63, 3.8) is 0 Å². The number of nitrogens with one attached hydrogen (secondary N) is 1. The number of hydrogen-bond acceptors (Lipinski definition) is 4. The Morgan fingerprint density at radius 2 is 1.56 bits per heavy atom. The summed E-state index contributed by atoms with van der Waals surface area (Å²) in [7, 11) is 1.64. The highest BCUT2D eigenvalue weighted by Crippen LogP contribution is 2.28. The smallest absolute Gasteiger partial charge is 0.225 e. The maximum Gasteiger partial charge on any atom is 0.225 e. The second-order valence-corrected chi connectivity index (χ2v) is 7.43. The highest BCUT2D eigenvalue weighted by atomic mass is 16.5. The Bertz CT molecular complexity index is 1160. The van der Waals surface area contributed by atoms with Crippen molar-refractivity contribution in [1.29, 1.82) is 0 Å². The fourth-order valence-electron chi connectivity index (χ4n) is 3.47. The van der Waals surface area contributed by atoms with Gasteiger partial charge in [-0.15, -0.1) is 0 Å². The molecule has 0 aliphatic heterocycles. The Morgan fingerprint density at radius 1 is 0.875 bits per heavy atom. The number of hydrogen-bond donors (Lipinski definition) is 1. The molecule has 0 saturated heterocycles. The number of nitrogens with zero attached hydrogens (tertiary/aromatic N) is 2. The molecule has 0 radical (unpaired) electrons. The number of aromatic nitrogens is 2. The second kappa shape index (κ2) is 10.4. The van der Waals surface area contributed by atoms with Crippen LogP contribution >= 0.6 is 0 Å². The molecule has 1 aromatic heterocycles. The van der Waals surface area contributed by atoms with Gasteiger partial charge in [0, 0.05) is 17.5 Å². The van der Waals surface area contributed by atoms with E-state index >= 15 is 0 Å². The van der Waals surface area contributed by atoms with E-state index in [1.54, 1.807) is 13.3 Å². The molecule has 0 spiro atoms. The molecule has 4 aromatic rings. The average Bonchev–Trinajstić information content (AvgIpc) is 2.85. The predicted octanol–water partition coefficient (Wildman–Crippen LogP) is 5.78. The van der Waals surface area contributed by atoms with Crippen LogP contribution in [0.3, 0.4) is 0 Å². The highest BCUT2D eigenvalue weighted by molar-refractivity contribution is 5.93. The Morgan fingerprint density at radius 3 is 2.25 bits per heavy atom. The molecule has 1 N–H and O–H groups in total. The lowest BCUT2D eigenvalue weighted by atomic mass is 10.1. The van der Waals surface area contributed by atoms with Crippen LogP contribution in [-0.2, 0) is 11.2 Å². The molecule has 0 unspecified atom stereocenters.